The molecule has 0 aliphatic heterocycles. The number of hydrogen-bond donors (Lipinski definition) is 2. The number of anilines is 1. The molecule has 0 spiro atoms. The van der Waals surface area contributed by atoms with Crippen molar-refractivity contribution >= 4 is 17.3 Å². The number of benzene rings is 2. The van der Waals surface area contributed by atoms with E-state index in [9.17, 15) is 10.2 Å². The average Bonchev–Trinajstić information content (AvgIpc) is 2.47. The molecule has 0 aromatic heterocycles. The van der Waals surface area contributed by atoms with Crippen LogP contribution in [0.15, 0.2) is 48.5 Å². The Morgan fingerprint density at radius 1 is 1.14 bits per heavy atom. The fraction of sp³-hybridized carbons (Fsp3) is 0.294. The molecule has 0 amide bonds. The Kier molecular flexibility index (Phi) is 5.62. The first-order valence-corrected chi connectivity index (χ1v) is 7.37. The highest BCUT2D eigenvalue weighted by atomic mass is 35.5. The van der Waals surface area contributed by atoms with Crippen molar-refractivity contribution in [3.8, 4) is 0 Å². The van der Waals surface area contributed by atoms with Gasteiger partial charge in [-0.2, -0.15) is 0 Å². The quantitative estimate of drug-likeness (QED) is 0.860. The van der Waals surface area contributed by atoms with Crippen molar-refractivity contribution < 1.29 is 10.2 Å². The summed E-state index contributed by atoms with van der Waals surface area (Å²) in [6.07, 6.45) is -0.591. The van der Waals surface area contributed by atoms with Crippen molar-refractivity contribution in [1.82, 2.24) is 0 Å². The van der Waals surface area contributed by atoms with Crippen LogP contribution in [0.3, 0.4) is 0 Å². The van der Waals surface area contributed by atoms with Crippen molar-refractivity contribution in [2.24, 2.45) is 0 Å². The maximum absolute atomic E-state index is 9.63. The van der Waals surface area contributed by atoms with Crippen LogP contribution in [0.4, 0.5) is 5.69 Å². The second kappa shape index (κ2) is 7.46. The van der Waals surface area contributed by atoms with Crippen LogP contribution in [0.1, 0.15) is 24.2 Å². The first-order valence-electron chi connectivity index (χ1n) is 6.99. The van der Waals surface area contributed by atoms with Gasteiger partial charge in [0.2, 0.25) is 0 Å². The fourth-order valence-corrected chi connectivity index (χ4v) is 2.61. The lowest BCUT2D eigenvalue weighted by Gasteiger charge is -2.25. The Morgan fingerprint density at radius 3 is 2.43 bits per heavy atom. The highest BCUT2D eigenvalue weighted by molar-refractivity contribution is 6.31. The molecule has 2 aromatic carbocycles. The number of aliphatic hydroxyl groups is 2. The smallest absolute Gasteiger partial charge is 0.0776 e. The van der Waals surface area contributed by atoms with E-state index in [0.29, 0.717) is 23.7 Å². The molecule has 2 rings (SSSR count). The summed E-state index contributed by atoms with van der Waals surface area (Å²) < 4.78 is 0. The first-order chi connectivity index (χ1) is 10.1. The number of halogens is 1. The van der Waals surface area contributed by atoms with Gasteiger partial charge in [-0.3, -0.25) is 0 Å². The summed E-state index contributed by atoms with van der Waals surface area (Å²) in [5.41, 5.74) is 2.81. The molecule has 4 heteroatoms. The van der Waals surface area contributed by atoms with Gasteiger partial charge >= 0.3 is 0 Å². The number of aliphatic hydroxyl groups excluding tert-OH is 2. The lowest BCUT2D eigenvalue weighted by molar-refractivity contribution is 0.199. The highest BCUT2D eigenvalue weighted by Crippen LogP contribution is 2.28. The largest absolute Gasteiger partial charge is 0.395 e. The van der Waals surface area contributed by atoms with E-state index in [4.69, 9.17) is 11.6 Å². The van der Waals surface area contributed by atoms with E-state index in [1.165, 1.54) is 5.56 Å². The Balaban J connectivity index is 2.24. The maximum atomic E-state index is 9.63. The Bertz CT molecular complexity index is 572. The minimum absolute atomic E-state index is 0.0720. The third-order valence-corrected chi connectivity index (χ3v) is 3.71. The average molecular weight is 306 g/mol. The van der Waals surface area contributed by atoms with Crippen molar-refractivity contribution in [2.45, 2.75) is 19.6 Å². The Hall–Kier alpha value is -1.55. The second-order valence-corrected chi connectivity index (χ2v) is 5.42. The summed E-state index contributed by atoms with van der Waals surface area (Å²) in [6.45, 7) is 2.99. The zero-order chi connectivity index (χ0) is 15.2. The van der Waals surface area contributed by atoms with E-state index in [1.807, 2.05) is 36.4 Å². The summed E-state index contributed by atoms with van der Waals surface area (Å²) in [7, 11) is 0. The van der Waals surface area contributed by atoms with Gasteiger partial charge in [-0.05, 0) is 30.2 Å². The zero-order valence-electron chi connectivity index (χ0n) is 12.0. The minimum Gasteiger partial charge on any atom is -0.395 e. The Morgan fingerprint density at radius 2 is 1.86 bits per heavy atom. The molecule has 1 atom stereocenters. The molecule has 0 radical (unpaired) electrons. The molecular formula is C17H20ClNO2. The van der Waals surface area contributed by atoms with Gasteiger partial charge in [0, 0.05) is 23.8 Å². The fourth-order valence-electron chi connectivity index (χ4n) is 2.28. The molecule has 0 aliphatic carbocycles. The molecule has 112 valence electrons. The van der Waals surface area contributed by atoms with Gasteiger partial charge in [0.15, 0.2) is 0 Å². The van der Waals surface area contributed by atoms with Crippen LogP contribution >= 0.6 is 11.6 Å². The van der Waals surface area contributed by atoms with Gasteiger partial charge in [-0.1, -0.05) is 48.0 Å². The topological polar surface area (TPSA) is 43.7 Å². The van der Waals surface area contributed by atoms with Gasteiger partial charge in [-0.25, -0.2) is 0 Å². The van der Waals surface area contributed by atoms with Crippen LogP contribution in [-0.4, -0.2) is 23.4 Å². The Labute approximate surface area is 130 Å². The molecule has 2 N–H and O–H groups in total. The highest BCUT2D eigenvalue weighted by Gasteiger charge is 2.11. The van der Waals surface area contributed by atoms with E-state index in [1.54, 1.807) is 6.92 Å². The van der Waals surface area contributed by atoms with Crippen molar-refractivity contribution in [3.05, 3.63) is 64.7 Å². The minimum atomic E-state index is -0.591. The molecule has 0 fully saturated rings. The van der Waals surface area contributed by atoms with Gasteiger partial charge in [-0.15, -0.1) is 0 Å². The molecule has 2 aromatic rings. The molecule has 0 saturated carbocycles. The number of hydrogen-bond acceptors (Lipinski definition) is 3. The summed E-state index contributed by atoms with van der Waals surface area (Å²) in [5.74, 6) is 0. The van der Waals surface area contributed by atoms with Gasteiger partial charge in [0.25, 0.3) is 0 Å². The van der Waals surface area contributed by atoms with Crippen LogP contribution in [0, 0.1) is 0 Å². The molecule has 0 aliphatic rings. The van der Waals surface area contributed by atoms with E-state index in [0.717, 1.165) is 5.69 Å². The van der Waals surface area contributed by atoms with Crippen LogP contribution in [0.25, 0.3) is 0 Å². The number of nitrogens with zero attached hydrogens (tertiary/aromatic N) is 1. The van der Waals surface area contributed by atoms with E-state index in [-0.39, 0.29) is 6.61 Å². The molecule has 3 nitrogen and oxygen atoms in total. The van der Waals surface area contributed by atoms with Crippen molar-refractivity contribution in [1.29, 1.82) is 0 Å². The summed E-state index contributed by atoms with van der Waals surface area (Å²) in [5, 5.41) is 19.4. The predicted octanol–water partition coefficient (Wildman–Crippen LogP) is 3.39. The van der Waals surface area contributed by atoms with Gasteiger partial charge in [0.1, 0.15) is 0 Å². The van der Waals surface area contributed by atoms with Crippen molar-refractivity contribution in [3.63, 3.8) is 0 Å². The van der Waals surface area contributed by atoms with E-state index in [2.05, 4.69) is 17.0 Å². The lowest BCUT2D eigenvalue weighted by atomic mass is 10.1. The first kappa shape index (κ1) is 15.8. The van der Waals surface area contributed by atoms with Crippen molar-refractivity contribution in [2.75, 3.05) is 18.1 Å². The summed E-state index contributed by atoms with van der Waals surface area (Å²) >= 11 is 6.22. The van der Waals surface area contributed by atoms with E-state index >= 15 is 0 Å². The molecular weight excluding hydrogens is 286 g/mol. The summed E-state index contributed by atoms with van der Waals surface area (Å²) in [4.78, 5) is 2.06. The predicted molar refractivity (Wildman–Crippen MR) is 86.7 cm³/mol. The normalized spacial score (nSPS) is 12.2. The summed E-state index contributed by atoms with van der Waals surface area (Å²) in [6, 6.07) is 15.7. The number of rotatable bonds is 6. The maximum Gasteiger partial charge on any atom is 0.0776 e. The lowest BCUT2D eigenvalue weighted by Crippen LogP contribution is -2.26. The van der Waals surface area contributed by atoms with E-state index < -0.39 is 6.10 Å². The SMILES string of the molecule is CC(O)c1ccc(N(CCO)Cc2ccccc2)cc1Cl. The van der Waals surface area contributed by atoms with Crippen LogP contribution in [-0.2, 0) is 6.54 Å². The molecule has 0 bridgehead atoms. The molecule has 1 unspecified atom stereocenters. The second-order valence-electron chi connectivity index (χ2n) is 5.01. The molecule has 0 heterocycles. The van der Waals surface area contributed by atoms with Gasteiger partial charge in [0.05, 0.1) is 12.7 Å². The third kappa shape index (κ3) is 4.21. The molecule has 0 saturated heterocycles. The van der Waals surface area contributed by atoms with Crippen LogP contribution in [0.2, 0.25) is 5.02 Å². The van der Waals surface area contributed by atoms with Crippen LogP contribution < -0.4 is 4.90 Å². The molecule has 21 heavy (non-hydrogen) atoms. The zero-order valence-corrected chi connectivity index (χ0v) is 12.8. The van der Waals surface area contributed by atoms with Crippen LogP contribution in [0.5, 0.6) is 0 Å². The standard InChI is InChI=1S/C17H20ClNO2/c1-13(21)16-8-7-15(11-17(16)18)19(9-10-20)12-14-5-3-2-4-6-14/h2-8,11,13,20-21H,9-10,12H2,1H3. The third-order valence-electron chi connectivity index (χ3n) is 3.39. The monoisotopic (exact) mass is 305 g/mol. The van der Waals surface area contributed by atoms with Gasteiger partial charge < -0.3 is 15.1 Å².